The minimum atomic E-state index is -0.0258. The smallest absolute Gasteiger partial charge is 0.255 e. The summed E-state index contributed by atoms with van der Waals surface area (Å²) in [6, 6.07) is 3.50. The average molecular weight is 277 g/mol. The molecule has 108 valence electrons. The third kappa shape index (κ3) is 3.54. The van der Waals surface area contributed by atoms with Crippen LogP contribution < -0.4 is 0 Å². The van der Waals surface area contributed by atoms with E-state index in [0.717, 1.165) is 0 Å². The first-order valence-corrected chi connectivity index (χ1v) is 6.68. The summed E-state index contributed by atoms with van der Waals surface area (Å²) in [6.07, 6.45) is 3.61. The number of aromatic nitrogens is 1. The van der Waals surface area contributed by atoms with E-state index in [9.17, 15) is 9.59 Å². The number of hydrogen-bond donors (Lipinski definition) is 0. The molecule has 20 heavy (non-hydrogen) atoms. The first kappa shape index (κ1) is 14.5. The van der Waals surface area contributed by atoms with Crippen LogP contribution in [0.4, 0.5) is 0 Å². The van der Waals surface area contributed by atoms with Crippen molar-refractivity contribution in [3.8, 4) is 0 Å². The Labute approximate surface area is 118 Å². The van der Waals surface area contributed by atoms with E-state index in [1.165, 1.54) is 0 Å². The second-order valence-electron chi connectivity index (χ2n) is 4.66. The van der Waals surface area contributed by atoms with Crippen molar-refractivity contribution >= 4 is 11.8 Å². The molecule has 6 nitrogen and oxygen atoms in total. The summed E-state index contributed by atoms with van der Waals surface area (Å²) in [6.45, 7) is 2.72. The van der Waals surface area contributed by atoms with Crippen LogP contribution in [-0.2, 0) is 9.53 Å². The summed E-state index contributed by atoms with van der Waals surface area (Å²) in [4.78, 5) is 31.5. The second kappa shape index (κ2) is 7.00. The third-order valence-electron chi connectivity index (χ3n) is 3.35. The normalized spacial score (nSPS) is 15.2. The molecule has 1 saturated heterocycles. The molecule has 0 saturated carbocycles. The van der Waals surface area contributed by atoms with Gasteiger partial charge in [-0.05, 0) is 12.1 Å². The number of carbonyl (C=O) groups is 2. The van der Waals surface area contributed by atoms with Gasteiger partial charge in [-0.25, -0.2) is 0 Å². The van der Waals surface area contributed by atoms with Gasteiger partial charge in [-0.3, -0.25) is 14.6 Å². The van der Waals surface area contributed by atoms with Crippen LogP contribution in [0.5, 0.6) is 0 Å². The van der Waals surface area contributed by atoms with Gasteiger partial charge >= 0.3 is 0 Å². The van der Waals surface area contributed by atoms with Gasteiger partial charge in [0.25, 0.3) is 5.91 Å². The zero-order valence-electron chi connectivity index (χ0n) is 11.6. The number of ether oxygens (including phenoxy) is 1. The van der Waals surface area contributed by atoms with Gasteiger partial charge in [0.2, 0.25) is 5.91 Å². The summed E-state index contributed by atoms with van der Waals surface area (Å²) in [7, 11) is 1.58. The molecule has 0 spiro atoms. The molecule has 0 radical (unpaired) electrons. The van der Waals surface area contributed by atoms with E-state index in [1.54, 1.807) is 41.4 Å². The Bertz CT molecular complexity index is 456. The number of pyridine rings is 1. The Hall–Kier alpha value is -1.95. The number of piperazine rings is 1. The second-order valence-corrected chi connectivity index (χ2v) is 4.66. The van der Waals surface area contributed by atoms with E-state index in [1.807, 2.05) is 0 Å². The molecule has 1 aromatic rings. The fourth-order valence-electron chi connectivity index (χ4n) is 2.18. The van der Waals surface area contributed by atoms with Gasteiger partial charge < -0.3 is 14.5 Å². The van der Waals surface area contributed by atoms with E-state index in [2.05, 4.69) is 4.98 Å². The molecule has 0 bridgehead atoms. The maximum absolute atomic E-state index is 12.2. The zero-order chi connectivity index (χ0) is 14.4. The highest BCUT2D eigenvalue weighted by atomic mass is 16.5. The number of nitrogens with zero attached hydrogens (tertiary/aromatic N) is 3. The molecule has 0 atom stereocenters. The third-order valence-corrected chi connectivity index (χ3v) is 3.35. The highest BCUT2D eigenvalue weighted by Crippen LogP contribution is 2.08. The van der Waals surface area contributed by atoms with Crippen LogP contribution in [0.25, 0.3) is 0 Å². The predicted octanol–water partition coefficient (Wildman–Crippen LogP) is 0.402. The Morgan fingerprint density at radius 1 is 1.25 bits per heavy atom. The maximum Gasteiger partial charge on any atom is 0.255 e. The average Bonchev–Trinajstić information content (AvgIpc) is 2.53. The van der Waals surface area contributed by atoms with Crippen molar-refractivity contribution in [2.45, 2.75) is 6.42 Å². The van der Waals surface area contributed by atoms with Crippen LogP contribution in [0.2, 0.25) is 0 Å². The summed E-state index contributed by atoms with van der Waals surface area (Å²) in [5, 5.41) is 0. The zero-order valence-corrected chi connectivity index (χ0v) is 11.6. The Morgan fingerprint density at radius 3 is 2.55 bits per heavy atom. The summed E-state index contributed by atoms with van der Waals surface area (Å²) in [5.74, 6) is 0.0578. The van der Waals surface area contributed by atoms with Crippen LogP contribution in [0.15, 0.2) is 24.5 Å². The number of hydrogen-bond acceptors (Lipinski definition) is 4. The van der Waals surface area contributed by atoms with Crippen LogP contribution in [0, 0.1) is 0 Å². The van der Waals surface area contributed by atoms with Crippen molar-refractivity contribution < 1.29 is 14.3 Å². The lowest BCUT2D eigenvalue weighted by molar-refractivity contribution is -0.133. The number of amides is 2. The van der Waals surface area contributed by atoms with Gasteiger partial charge in [0.05, 0.1) is 18.6 Å². The Balaban J connectivity index is 1.85. The van der Waals surface area contributed by atoms with Gasteiger partial charge in [0.15, 0.2) is 0 Å². The lowest BCUT2D eigenvalue weighted by Crippen LogP contribution is -2.50. The number of carbonyl (C=O) groups excluding carboxylic acids is 2. The fraction of sp³-hybridized carbons (Fsp3) is 0.500. The predicted molar refractivity (Wildman–Crippen MR) is 73.2 cm³/mol. The van der Waals surface area contributed by atoms with E-state index in [4.69, 9.17) is 4.74 Å². The lowest BCUT2D eigenvalue weighted by atomic mass is 10.2. The molecule has 1 aromatic heterocycles. The first-order valence-electron chi connectivity index (χ1n) is 6.68. The first-order chi connectivity index (χ1) is 9.72. The molecular weight excluding hydrogens is 258 g/mol. The SMILES string of the molecule is COCCC(=O)N1CCN(C(=O)c2cccnc2)CC1. The molecule has 1 aliphatic heterocycles. The minimum absolute atomic E-state index is 0.0258. The Morgan fingerprint density at radius 2 is 1.95 bits per heavy atom. The number of methoxy groups -OCH3 is 1. The van der Waals surface area contributed by atoms with Crippen molar-refractivity contribution in [2.24, 2.45) is 0 Å². The summed E-state index contributed by atoms with van der Waals surface area (Å²) in [5.41, 5.74) is 0.589. The molecular formula is C14H19N3O3. The largest absolute Gasteiger partial charge is 0.384 e. The molecule has 0 unspecified atom stereocenters. The van der Waals surface area contributed by atoms with Crippen molar-refractivity contribution in [3.05, 3.63) is 30.1 Å². The quantitative estimate of drug-likeness (QED) is 0.799. The molecule has 1 fully saturated rings. The fourth-order valence-corrected chi connectivity index (χ4v) is 2.18. The van der Waals surface area contributed by atoms with Gasteiger partial charge in [0.1, 0.15) is 0 Å². The van der Waals surface area contributed by atoms with Gasteiger partial charge in [0, 0.05) is 45.7 Å². The van der Waals surface area contributed by atoms with Gasteiger partial charge in [-0.1, -0.05) is 0 Å². The van der Waals surface area contributed by atoms with Crippen molar-refractivity contribution in [1.29, 1.82) is 0 Å². The molecule has 0 aromatic carbocycles. The van der Waals surface area contributed by atoms with E-state index >= 15 is 0 Å². The summed E-state index contributed by atoms with van der Waals surface area (Å²) < 4.78 is 4.90. The standard InChI is InChI=1S/C14H19N3O3/c1-20-10-4-13(18)16-6-8-17(9-7-16)14(19)12-3-2-5-15-11-12/h2-3,5,11H,4,6-10H2,1H3. The van der Waals surface area contributed by atoms with Crippen molar-refractivity contribution in [3.63, 3.8) is 0 Å². The van der Waals surface area contributed by atoms with Crippen molar-refractivity contribution in [1.82, 2.24) is 14.8 Å². The van der Waals surface area contributed by atoms with E-state index in [0.29, 0.717) is 44.8 Å². The topological polar surface area (TPSA) is 62.7 Å². The molecule has 6 heteroatoms. The molecule has 1 aliphatic rings. The molecule has 0 aliphatic carbocycles. The molecule has 2 heterocycles. The van der Waals surface area contributed by atoms with E-state index in [-0.39, 0.29) is 11.8 Å². The van der Waals surface area contributed by atoms with Crippen LogP contribution in [0.3, 0.4) is 0 Å². The number of rotatable bonds is 4. The Kier molecular flexibility index (Phi) is 5.06. The van der Waals surface area contributed by atoms with Gasteiger partial charge in [-0.15, -0.1) is 0 Å². The molecule has 2 rings (SSSR count). The highest BCUT2D eigenvalue weighted by Gasteiger charge is 2.24. The molecule has 2 amide bonds. The molecule has 0 N–H and O–H groups in total. The van der Waals surface area contributed by atoms with Gasteiger partial charge in [-0.2, -0.15) is 0 Å². The minimum Gasteiger partial charge on any atom is -0.384 e. The highest BCUT2D eigenvalue weighted by molar-refractivity contribution is 5.94. The van der Waals surface area contributed by atoms with Crippen LogP contribution >= 0.6 is 0 Å². The monoisotopic (exact) mass is 277 g/mol. The van der Waals surface area contributed by atoms with Crippen LogP contribution in [0.1, 0.15) is 16.8 Å². The van der Waals surface area contributed by atoms with Crippen molar-refractivity contribution in [2.75, 3.05) is 39.9 Å². The van der Waals surface area contributed by atoms with Crippen LogP contribution in [-0.4, -0.2) is 66.5 Å². The van der Waals surface area contributed by atoms with E-state index < -0.39 is 0 Å². The summed E-state index contributed by atoms with van der Waals surface area (Å²) >= 11 is 0. The lowest BCUT2D eigenvalue weighted by Gasteiger charge is -2.34. The maximum atomic E-state index is 12.2.